The Morgan fingerprint density at radius 3 is 1.12 bits per heavy atom. The minimum Gasteiger partial charge on any atom is -0.483 e. The number of nitrogens with one attached hydrogen (secondary N) is 2. The van der Waals surface area contributed by atoms with Crippen LogP contribution in [-0.4, -0.2) is 77.5 Å². The van der Waals surface area contributed by atoms with Crippen LogP contribution in [0.25, 0.3) is 0 Å². The minimum absolute atomic E-state index is 0. The maximum atomic E-state index is 10.0. The molecule has 0 aromatic carbocycles. The van der Waals surface area contributed by atoms with E-state index in [9.17, 15) is 19.2 Å². The summed E-state index contributed by atoms with van der Waals surface area (Å²) in [6.45, 7) is -0.545. The van der Waals surface area contributed by atoms with Gasteiger partial charge in [0.15, 0.2) is 0 Å². The molecule has 0 heterocycles. The second-order valence-corrected chi connectivity index (χ2v) is 7.11. The van der Waals surface area contributed by atoms with Crippen LogP contribution in [-0.2, 0) is 42.7 Å². The van der Waals surface area contributed by atoms with Crippen LogP contribution < -0.4 is 113 Å². The average molecular weight is 499 g/mol. The van der Waals surface area contributed by atoms with E-state index in [0.717, 1.165) is 0 Å². The Labute approximate surface area is 253 Å². The molecule has 0 fully saturated rings. The summed E-state index contributed by atoms with van der Waals surface area (Å²) in [4.78, 5) is 40.1. The summed E-state index contributed by atoms with van der Waals surface area (Å²) < 4.78 is 0.472. The van der Waals surface area contributed by atoms with Crippen LogP contribution in [0.4, 0.5) is 0 Å². The van der Waals surface area contributed by atoms with E-state index in [4.69, 9.17) is 20.4 Å². The molecule has 0 amide bonds. The summed E-state index contributed by atoms with van der Waals surface area (Å²) >= 11 is 10.1. The molecule has 0 radical (unpaired) electrons. The molecular formula is C10H16K2N2O8S4. The van der Waals surface area contributed by atoms with Gasteiger partial charge in [0.25, 0.3) is 11.9 Å². The van der Waals surface area contributed by atoms with Gasteiger partial charge in [-0.15, -0.1) is 0 Å². The van der Waals surface area contributed by atoms with Crippen LogP contribution in [0.15, 0.2) is 0 Å². The topological polar surface area (TPSA) is 173 Å². The van der Waals surface area contributed by atoms with Crippen molar-refractivity contribution in [1.82, 2.24) is 10.6 Å². The molecule has 0 aliphatic heterocycles. The number of carboxylic acid groups (broad SMARTS) is 4. The number of hydrogen-bond donors (Lipinski definition) is 6. The third-order valence-electron chi connectivity index (χ3n) is 1.50. The van der Waals surface area contributed by atoms with Gasteiger partial charge in [0.1, 0.15) is 13.1 Å². The zero-order valence-electron chi connectivity index (χ0n) is 14.0. The number of thiol groups is 2. The summed E-state index contributed by atoms with van der Waals surface area (Å²) in [5, 5.41) is 37.6. The Hall–Kier alpha value is 1.63. The third kappa shape index (κ3) is 33.2. The van der Waals surface area contributed by atoms with Crippen molar-refractivity contribution in [3.63, 3.8) is 0 Å². The molecule has 0 aromatic heterocycles. The Kier molecular flexibility index (Phi) is 30.9. The first-order valence-corrected chi connectivity index (χ1v) is 8.80. The van der Waals surface area contributed by atoms with Crippen molar-refractivity contribution in [2.45, 2.75) is 0 Å². The van der Waals surface area contributed by atoms with Gasteiger partial charge in [-0.25, -0.2) is 0 Å². The predicted molar refractivity (Wildman–Crippen MR) is 99.0 cm³/mol. The average Bonchev–Trinajstić information content (AvgIpc) is 2.47. The van der Waals surface area contributed by atoms with Gasteiger partial charge >= 0.3 is 115 Å². The summed E-state index contributed by atoms with van der Waals surface area (Å²) in [5.74, 6) is -4.19. The maximum absolute atomic E-state index is 10.0. The molecule has 0 saturated heterocycles. The van der Waals surface area contributed by atoms with E-state index in [2.05, 4.69) is 35.1 Å². The van der Waals surface area contributed by atoms with Crippen LogP contribution in [0.5, 0.6) is 0 Å². The Bertz CT molecular complexity index is 425. The van der Waals surface area contributed by atoms with Crippen molar-refractivity contribution >= 4 is 80.5 Å². The summed E-state index contributed by atoms with van der Waals surface area (Å²) in [5.41, 5.74) is 0. The predicted octanol–water partition coefficient (Wildman–Crippen LogP) is -8.30. The van der Waals surface area contributed by atoms with E-state index in [1.807, 2.05) is 0 Å². The van der Waals surface area contributed by atoms with E-state index in [1.165, 1.54) is 0 Å². The van der Waals surface area contributed by atoms with Crippen LogP contribution in [0.1, 0.15) is 0 Å². The van der Waals surface area contributed by atoms with Gasteiger partial charge in [-0.1, -0.05) is 24.4 Å². The molecule has 10 nitrogen and oxygen atoms in total. The van der Waals surface area contributed by atoms with Gasteiger partial charge in [-0.05, 0) is 20.1 Å². The third-order valence-corrected chi connectivity index (χ3v) is 4.31. The quantitative estimate of drug-likeness (QED) is 0.0808. The first-order valence-electron chi connectivity index (χ1n) is 5.82. The molecule has 140 valence electrons. The van der Waals surface area contributed by atoms with Crippen LogP contribution in [0.2, 0.25) is 0 Å². The number of rotatable bonds is 8. The molecule has 0 unspecified atom stereocenters. The molecule has 0 aromatic rings. The van der Waals surface area contributed by atoms with E-state index in [0.29, 0.717) is 23.5 Å². The van der Waals surface area contributed by atoms with Crippen molar-refractivity contribution in [1.29, 1.82) is 0 Å². The Morgan fingerprint density at radius 1 is 0.654 bits per heavy atom. The van der Waals surface area contributed by atoms with Crippen molar-refractivity contribution in [2.24, 2.45) is 0 Å². The standard InChI is InChI=1S/2C5H8NO4S2.2K/c2*7-3(8)1-6-5(11)12-2-4(9)10;;/h2*12H,1-2H2,(H,6,11)(H,7,8)(H,9,10);;/q2*-1;2*+1. The van der Waals surface area contributed by atoms with Crippen molar-refractivity contribution < 1.29 is 142 Å². The molecule has 0 aliphatic carbocycles. The smallest absolute Gasteiger partial charge is 0.483 e. The van der Waals surface area contributed by atoms with Gasteiger partial charge in [0.2, 0.25) is 0 Å². The SMILES string of the molecule is O=C(O)CNC(=S)[SH-]CC(=O)O.O=C(O)CNC(=S)[SH-]CC(=O)O.[K+].[K+]. The molecule has 0 spiro atoms. The molecule has 26 heavy (non-hydrogen) atoms. The van der Waals surface area contributed by atoms with Gasteiger partial charge in [-0.3, -0.25) is 19.2 Å². The zero-order chi connectivity index (χ0) is 19.1. The molecule has 0 rings (SSSR count). The van der Waals surface area contributed by atoms with E-state index in [-0.39, 0.29) is 136 Å². The molecule has 0 bridgehead atoms. The molecule has 0 saturated carbocycles. The summed E-state index contributed by atoms with van der Waals surface area (Å²) in [7, 11) is 0. The van der Waals surface area contributed by atoms with Crippen LogP contribution >= 0.6 is 24.4 Å². The Balaban J connectivity index is -0.000000173. The van der Waals surface area contributed by atoms with E-state index >= 15 is 0 Å². The molecule has 16 heteroatoms. The number of hydrogen-bond acceptors (Lipinski definition) is 8. The van der Waals surface area contributed by atoms with Gasteiger partial charge in [0, 0.05) is 0 Å². The number of aliphatic carboxylic acids is 4. The van der Waals surface area contributed by atoms with Gasteiger partial charge in [0.05, 0.1) is 0 Å². The first kappa shape index (κ1) is 35.1. The monoisotopic (exact) mass is 498 g/mol. The molecule has 6 N–H and O–H groups in total. The molecule has 0 aliphatic rings. The first-order chi connectivity index (χ1) is 11.0. The summed E-state index contributed by atoms with van der Waals surface area (Å²) in [6.07, 6.45) is 0. The van der Waals surface area contributed by atoms with E-state index in [1.54, 1.807) is 0 Å². The zero-order valence-corrected chi connectivity index (χ0v) is 23.6. The number of carbonyl (C=O) groups is 4. The van der Waals surface area contributed by atoms with Crippen molar-refractivity contribution in [2.75, 3.05) is 24.6 Å². The number of carboxylic acids is 4. The second kappa shape index (κ2) is 22.9. The van der Waals surface area contributed by atoms with Gasteiger partial charge in [-0.2, -0.15) is 0 Å². The molecule has 0 atom stereocenters. The fourth-order valence-corrected chi connectivity index (χ4v) is 2.16. The van der Waals surface area contributed by atoms with Crippen molar-refractivity contribution in [3.8, 4) is 0 Å². The fraction of sp³-hybridized carbons (Fsp3) is 0.400. The largest absolute Gasteiger partial charge is 1.00 e. The van der Waals surface area contributed by atoms with Gasteiger partial charge < -0.3 is 54.6 Å². The fourth-order valence-electron chi connectivity index (χ4n) is 0.693. The second-order valence-electron chi connectivity index (χ2n) is 3.52. The Morgan fingerprint density at radius 2 is 0.923 bits per heavy atom. The van der Waals surface area contributed by atoms with Crippen molar-refractivity contribution in [3.05, 3.63) is 0 Å². The maximum Gasteiger partial charge on any atom is 1.00 e. The number of thiocarbonyl (C=S) groups is 2. The molecular weight excluding hydrogens is 483 g/mol. The minimum atomic E-state index is -1.03. The van der Waals surface area contributed by atoms with E-state index < -0.39 is 23.9 Å². The summed E-state index contributed by atoms with van der Waals surface area (Å²) in [6, 6.07) is 0. The van der Waals surface area contributed by atoms with Crippen LogP contribution in [0.3, 0.4) is 0 Å². The normalized spacial score (nSPS) is 8.62. The van der Waals surface area contributed by atoms with Crippen LogP contribution in [0, 0.1) is 0 Å².